The summed E-state index contributed by atoms with van der Waals surface area (Å²) in [6.07, 6.45) is 4.10. The maximum absolute atomic E-state index is 4.64. The Morgan fingerprint density at radius 2 is 2.11 bits per heavy atom. The van der Waals surface area contributed by atoms with Crippen LogP contribution in [0.2, 0.25) is 0 Å². The molecule has 0 atom stereocenters. The maximum atomic E-state index is 4.64. The monoisotopic (exact) mass is 289 g/mol. The van der Waals surface area contributed by atoms with E-state index in [0.717, 1.165) is 27.9 Å². The zero-order valence-corrected chi connectivity index (χ0v) is 12.4. The number of hydrogen-bond donors (Lipinski definition) is 0. The average molecular weight is 289 g/mol. The summed E-state index contributed by atoms with van der Waals surface area (Å²) >= 11 is 3.44. The summed E-state index contributed by atoms with van der Waals surface area (Å²) in [5.41, 5.74) is 2.54. The van der Waals surface area contributed by atoms with Gasteiger partial charge in [-0.15, -0.1) is 5.10 Å². The molecule has 5 heteroatoms. The highest BCUT2D eigenvalue weighted by Crippen LogP contribution is 2.28. The quantitative estimate of drug-likeness (QED) is 0.664. The number of aromatic nitrogens is 3. The summed E-state index contributed by atoms with van der Waals surface area (Å²) in [6, 6.07) is 10.5. The lowest BCUT2D eigenvalue weighted by Crippen LogP contribution is -1.92. The first kappa shape index (κ1) is 12.7. The fourth-order valence-electron chi connectivity index (χ4n) is 1.92. The average Bonchev–Trinajstić information content (AvgIpc) is 3.00. The Labute approximate surface area is 120 Å². The van der Waals surface area contributed by atoms with E-state index in [1.807, 2.05) is 16.8 Å². The van der Waals surface area contributed by atoms with E-state index >= 15 is 0 Å². The Balaban J connectivity index is 1.75. The van der Waals surface area contributed by atoms with Gasteiger partial charge in [0.25, 0.3) is 0 Å². The fourth-order valence-corrected chi connectivity index (χ4v) is 3.81. The van der Waals surface area contributed by atoms with Crippen molar-refractivity contribution in [3.8, 4) is 0 Å². The molecule has 2 aromatic heterocycles. The number of thioether (sulfide) groups is 1. The molecule has 0 N–H and O–H groups in total. The second-order valence-electron chi connectivity index (χ2n) is 4.34. The Hall–Kier alpha value is -1.33. The van der Waals surface area contributed by atoms with Gasteiger partial charge in [0.15, 0.2) is 4.34 Å². The molecule has 0 aliphatic carbocycles. The molecule has 0 radical (unpaired) electrons. The Morgan fingerprint density at radius 1 is 1.26 bits per heavy atom. The molecule has 0 saturated carbocycles. The van der Waals surface area contributed by atoms with E-state index < -0.39 is 0 Å². The number of nitrogens with zero attached hydrogens (tertiary/aromatic N) is 3. The van der Waals surface area contributed by atoms with Crippen molar-refractivity contribution >= 4 is 28.1 Å². The maximum Gasteiger partial charge on any atom is 0.213 e. The zero-order valence-electron chi connectivity index (χ0n) is 10.7. The zero-order chi connectivity index (χ0) is 13.1. The summed E-state index contributed by atoms with van der Waals surface area (Å²) < 4.78 is 3.07. The molecule has 2 heterocycles. The minimum Gasteiger partial charge on any atom is -0.226 e. The van der Waals surface area contributed by atoms with Crippen LogP contribution >= 0.6 is 23.1 Å². The van der Waals surface area contributed by atoms with Crippen LogP contribution in [0.25, 0.3) is 4.96 Å². The van der Waals surface area contributed by atoms with Crippen LogP contribution in [0.15, 0.2) is 40.9 Å². The molecule has 0 amide bonds. The molecule has 0 aliphatic rings. The lowest BCUT2D eigenvalue weighted by molar-refractivity contribution is 0.798. The molecule has 3 rings (SSSR count). The minimum absolute atomic E-state index is 0.959. The van der Waals surface area contributed by atoms with Gasteiger partial charge in [0, 0.05) is 5.75 Å². The Morgan fingerprint density at radius 3 is 2.89 bits per heavy atom. The lowest BCUT2D eigenvalue weighted by atomic mass is 10.2. The van der Waals surface area contributed by atoms with Crippen molar-refractivity contribution in [2.24, 2.45) is 0 Å². The molecule has 3 nitrogen and oxygen atoms in total. The summed E-state index contributed by atoms with van der Waals surface area (Å²) in [6.45, 7) is 2.18. The van der Waals surface area contributed by atoms with E-state index in [1.165, 1.54) is 11.3 Å². The largest absolute Gasteiger partial charge is 0.226 e. The molecular formula is C14H15N3S2. The van der Waals surface area contributed by atoms with Crippen LogP contribution in [-0.2, 0) is 12.2 Å². The van der Waals surface area contributed by atoms with Crippen LogP contribution in [-0.4, -0.2) is 14.6 Å². The number of fused-ring (bicyclic) bond motifs is 1. The van der Waals surface area contributed by atoms with Crippen LogP contribution < -0.4 is 0 Å². The molecule has 98 valence electrons. The van der Waals surface area contributed by atoms with Gasteiger partial charge in [-0.3, -0.25) is 0 Å². The first-order valence-corrected chi connectivity index (χ1v) is 8.17. The van der Waals surface area contributed by atoms with Crippen LogP contribution in [0.4, 0.5) is 0 Å². The van der Waals surface area contributed by atoms with E-state index in [1.54, 1.807) is 23.1 Å². The molecule has 0 spiro atoms. The van der Waals surface area contributed by atoms with E-state index in [2.05, 4.69) is 41.3 Å². The van der Waals surface area contributed by atoms with Crippen LogP contribution in [0.5, 0.6) is 0 Å². The Bertz CT molecular complexity index is 658. The molecule has 0 fully saturated rings. The van der Waals surface area contributed by atoms with Gasteiger partial charge in [-0.05, 0) is 12.0 Å². The van der Waals surface area contributed by atoms with Crippen LogP contribution in [0, 0.1) is 0 Å². The first-order chi connectivity index (χ1) is 9.36. The summed E-state index contributed by atoms with van der Waals surface area (Å²) in [4.78, 5) is 5.42. The molecule has 0 bridgehead atoms. The second kappa shape index (κ2) is 5.75. The third kappa shape index (κ3) is 2.82. The lowest BCUT2D eigenvalue weighted by Gasteiger charge is -1.97. The number of imidazole rings is 1. The topological polar surface area (TPSA) is 30.2 Å². The van der Waals surface area contributed by atoms with Gasteiger partial charge in [0.05, 0.1) is 11.9 Å². The van der Waals surface area contributed by atoms with Crippen molar-refractivity contribution in [1.82, 2.24) is 14.6 Å². The van der Waals surface area contributed by atoms with E-state index in [-0.39, 0.29) is 0 Å². The van der Waals surface area contributed by atoms with Gasteiger partial charge in [0.2, 0.25) is 4.96 Å². The van der Waals surface area contributed by atoms with Crippen molar-refractivity contribution < 1.29 is 0 Å². The van der Waals surface area contributed by atoms with Gasteiger partial charge in [-0.25, -0.2) is 9.50 Å². The Kier molecular flexibility index (Phi) is 3.84. The third-order valence-electron chi connectivity index (χ3n) is 2.85. The van der Waals surface area contributed by atoms with E-state index in [4.69, 9.17) is 0 Å². The van der Waals surface area contributed by atoms with E-state index in [9.17, 15) is 0 Å². The number of rotatable bonds is 5. The highest BCUT2D eigenvalue weighted by Gasteiger charge is 2.09. The van der Waals surface area contributed by atoms with Gasteiger partial charge in [-0.1, -0.05) is 66.8 Å². The van der Waals surface area contributed by atoms with Gasteiger partial charge >= 0.3 is 0 Å². The highest BCUT2D eigenvalue weighted by atomic mass is 32.2. The standard InChI is InChI=1S/C14H15N3S2/c1-2-6-12-9-15-13-17(12)16-14(19-13)18-10-11-7-4-3-5-8-11/h3-5,7-9H,2,6,10H2,1H3. The van der Waals surface area contributed by atoms with Crippen molar-refractivity contribution in [3.05, 3.63) is 47.8 Å². The predicted molar refractivity (Wildman–Crippen MR) is 80.9 cm³/mol. The predicted octanol–water partition coefficient (Wildman–Crippen LogP) is 4.04. The molecule has 19 heavy (non-hydrogen) atoms. The molecule has 0 aliphatic heterocycles. The number of hydrogen-bond acceptors (Lipinski definition) is 4. The molecular weight excluding hydrogens is 274 g/mol. The molecule has 1 aromatic carbocycles. The van der Waals surface area contributed by atoms with Crippen molar-refractivity contribution in [1.29, 1.82) is 0 Å². The van der Waals surface area contributed by atoms with E-state index in [0.29, 0.717) is 0 Å². The number of benzene rings is 1. The van der Waals surface area contributed by atoms with Crippen molar-refractivity contribution in [2.75, 3.05) is 0 Å². The molecule has 3 aromatic rings. The number of aryl methyl sites for hydroxylation is 1. The SMILES string of the molecule is CCCc1cnc2sc(SCc3ccccc3)nn12. The van der Waals surface area contributed by atoms with Crippen LogP contribution in [0.3, 0.4) is 0 Å². The highest BCUT2D eigenvalue weighted by molar-refractivity contribution is 8.00. The van der Waals surface area contributed by atoms with Crippen LogP contribution in [0.1, 0.15) is 24.6 Å². The normalized spacial score (nSPS) is 11.2. The summed E-state index contributed by atoms with van der Waals surface area (Å²) in [7, 11) is 0. The first-order valence-electron chi connectivity index (χ1n) is 6.37. The van der Waals surface area contributed by atoms with Crippen molar-refractivity contribution in [3.63, 3.8) is 0 Å². The third-order valence-corrected chi connectivity index (χ3v) is 4.98. The fraction of sp³-hybridized carbons (Fsp3) is 0.286. The summed E-state index contributed by atoms with van der Waals surface area (Å²) in [5.74, 6) is 0.959. The summed E-state index contributed by atoms with van der Waals surface area (Å²) in [5, 5.41) is 4.64. The minimum atomic E-state index is 0.959. The smallest absolute Gasteiger partial charge is 0.213 e. The second-order valence-corrected chi connectivity index (χ2v) is 6.51. The van der Waals surface area contributed by atoms with Crippen molar-refractivity contribution in [2.45, 2.75) is 29.9 Å². The van der Waals surface area contributed by atoms with Gasteiger partial charge < -0.3 is 0 Å². The van der Waals surface area contributed by atoms with Gasteiger partial charge in [-0.2, -0.15) is 0 Å². The van der Waals surface area contributed by atoms with Gasteiger partial charge in [0.1, 0.15) is 0 Å². The molecule has 0 saturated heterocycles. The molecule has 0 unspecified atom stereocenters.